The Morgan fingerprint density at radius 3 is 1.32 bits per heavy atom. The number of benzene rings is 4. The van der Waals surface area contributed by atoms with Crippen molar-refractivity contribution in [1.82, 2.24) is 10.5 Å². The SMILES string of the molecule is CCC(=O)N[B](NC(=O)CC)[Zr]([Cl])([Cl])([CH]1C(C(C)CC)=Cc2c(-c3ccccc3CC)cccc21)[CH]1C(C(C)CC)=Cc2c(-c3ccccc3CC)cccc21. The maximum atomic E-state index is 13.8. The summed E-state index contributed by atoms with van der Waals surface area (Å²) in [7, 11) is 18.0. The average Bonchev–Trinajstić information content (AvgIpc) is 3.84. The van der Waals surface area contributed by atoms with Crippen LogP contribution in [0.2, 0.25) is 0 Å². The van der Waals surface area contributed by atoms with Crippen LogP contribution in [-0.2, 0) is 38.6 Å². The molecule has 0 saturated carbocycles. The number of amides is 2. The van der Waals surface area contributed by atoms with Gasteiger partial charge in [-0.15, -0.1) is 0 Å². The van der Waals surface area contributed by atoms with Gasteiger partial charge >= 0.3 is 346 Å². The molecule has 2 aliphatic rings. The zero-order valence-electron chi connectivity index (χ0n) is 34.4. The molecule has 0 bridgehead atoms. The first-order chi connectivity index (χ1) is 26.9. The quantitative estimate of drug-likeness (QED) is 0.117. The van der Waals surface area contributed by atoms with Gasteiger partial charge in [0.15, 0.2) is 0 Å². The van der Waals surface area contributed by atoms with Gasteiger partial charge in [0.25, 0.3) is 0 Å². The number of halogens is 2. The Hall–Kier alpha value is -3.17. The van der Waals surface area contributed by atoms with Crippen LogP contribution in [0.15, 0.2) is 96.1 Å². The Morgan fingerprint density at radius 2 is 0.964 bits per heavy atom. The standard InChI is InChI=1S/2C21H23.C6H11BN2O2.2ClH.Zr/c2*1-4-15(3)18-13-17-10-8-12-20(21(17)14-18)19-11-7-6-9-16(19)5-2;1-3-5(10)8-7-9-6(11)4-2;;;/h2*6-15H,4-5H2,1-3H3;3-4H2,1-2H3,(H-,8,9,10,11);2*1H;/q;;;;;+1/p-1. The molecular formula is C48H58BCl2N2O2Zr. The van der Waals surface area contributed by atoms with Crippen LogP contribution in [0.4, 0.5) is 0 Å². The molecule has 0 fully saturated rings. The first-order valence-electron chi connectivity index (χ1n) is 20.9. The summed E-state index contributed by atoms with van der Waals surface area (Å²) in [4.78, 5) is 27.6. The maximum absolute atomic E-state index is 13.8. The van der Waals surface area contributed by atoms with Gasteiger partial charge in [-0.3, -0.25) is 0 Å². The van der Waals surface area contributed by atoms with Crippen molar-refractivity contribution in [1.29, 1.82) is 0 Å². The fourth-order valence-corrected chi connectivity index (χ4v) is 30.2. The van der Waals surface area contributed by atoms with Crippen molar-refractivity contribution in [2.24, 2.45) is 11.8 Å². The molecule has 4 unspecified atom stereocenters. The van der Waals surface area contributed by atoms with Crippen LogP contribution in [0.5, 0.6) is 0 Å². The van der Waals surface area contributed by atoms with Gasteiger partial charge in [-0.2, -0.15) is 0 Å². The van der Waals surface area contributed by atoms with E-state index in [1.807, 2.05) is 13.8 Å². The van der Waals surface area contributed by atoms with Crippen LogP contribution < -0.4 is 10.5 Å². The second-order valence-electron chi connectivity index (χ2n) is 15.9. The first kappa shape index (κ1) is 42.4. The molecule has 2 aliphatic carbocycles. The van der Waals surface area contributed by atoms with Crippen LogP contribution in [0, 0.1) is 11.8 Å². The Bertz CT molecular complexity index is 2050. The van der Waals surface area contributed by atoms with Gasteiger partial charge in [0, 0.05) is 0 Å². The molecule has 0 spiro atoms. The molecule has 2 N–H and O–H groups in total. The van der Waals surface area contributed by atoms with E-state index in [9.17, 15) is 9.59 Å². The van der Waals surface area contributed by atoms with E-state index in [0.29, 0.717) is 0 Å². The molecule has 0 aromatic heterocycles. The van der Waals surface area contributed by atoms with E-state index in [0.717, 1.165) is 59.1 Å². The van der Waals surface area contributed by atoms with Crippen LogP contribution in [0.25, 0.3) is 34.4 Å². The molecule has 293 valence electrons. The number of fused-ring (bicyclic) bond motifs is 2. The van der Waals surface area contributed by atoms with E-state index < -0.39 is 27.9 Å². The van der Waals surface area contributed by atoms with Crippen molar-refractivity contribution in [3.05, 3.63) is 129 Å². The molecule has 0 saturated heterocycles. The van der Waals surface area contributed by atoms with Crippen LogP contribution in [0.1, 0.15) is 122 Å². The number of allylic oxidation sites excluding steroid dienone is 2. The summed E-state index contributed by atoms with van der Waals surface area (Å²) in [6.45, 7) is 17.0. The van der Waals surface area contributed by atoms with Gasteiger partial charge in [-0.05, 0) is 0 Å². The van der Waals surface area contributed by atoms with Crippen LogP contribution in [-0.4, -0.2) is 16.3 Å². The Balaban J connectivity index is 1.75. The molecule has 8 heteroatoms. The summed E-state index contributed by atoms with van der Waals surface area (Å²) in [5, 5.41) is 6.63. The predicted octanol–water partition coefficient (Wildman–Crippen LogP) is 12.8. The molecule has 0 aliphatic heterocycles. The topological polar surface area (TPSA) is 58.2 Å². The Labute approximate surface area is 344 Å². The molecular weight excluding hydrogens is 809 g/mol. The summed E-state index contributed by atoms with van der Waals surface area (Å²) >= 11 is -6.07. The third kappa shape index (κ3) is 7.37. The Kier molecular flexibility index (Phi) is 13.2. The van der Waals surface area contributed by atoms with Crippen molar-refractivity contribution in [3.8, 4) is 22.3 Å². The van der Waals surface area contributed by atoms with E-state index >= 15 is 0 Å². The summed E-state index contributed by atoms with van der Waals surface area (Å²) in [6.07, 6.45) is 8.78. The van der Waals surface area contributed by atoms with Crippen molar-refractivity contribution in [3.63, 3.8) is 0 Å². The van der Waals surface area contributed by atoms with Crippen molar-refractivity contribution < 1.29 is 25.8 Å². The zero-order valence-corrected chi connectivity index (χ0v) is 38.4. The first-order valence-corrected chi connectivity index (χ1v) is 31.5. The summed E-state index contributed by atoms with van der Waals surface area (Å²) in [5.41, 5.74) is 14.1. The average molecular weight is 868 g/mol. The minimum atomic E-state index is -6.07. The van der Waals surface area contributed by atoms with Gasteiger partial charge < -0.3 is 0 Å². The molecule has 6 rings (SSSR count). The van der Waals surface area contributed by atoms with E-state index in [4.69, 9.17) is 17.0 Å². The number of carbonyl (C=O) groups is 2. The predicted molar refractivity (Wildman–Crippen MR) is 237 cm³/mol. The summed E-state index contributed by atoms with van der Waals surface area (Å²) in [6, 6.07) is 30.4. The fourth-order valence-electron chi connectivity index (χ4n) is 9.40. The van der Waals surface area contributed by atoms with Gasteiger partial charge in [0.2, 0.25) is 0 Å². The molecule has 0 radical (unpaired) electrons. The number of hydrogen-bond acceptors (Lipinski definition) is 2. The molecule has 56 heavy (non-hydrogen) atoms. The second-order valence-corrected chi connectivity index (χ2v) is 37.3. The number of nitrogens with one attached hydrogen (secondary N) is 2. The number of rotatable bonds is 15. The molecule has 4 nitrogen and oxygen atoms in total. The van der Waals surface area contributed by atoms with Crippen LogP contribution in [0.3, 0.4) is 0 Å². The van der Waals surface area contributed by atoms with Gasteiger partial charge in [0.05, 0.1) is 0 Å². The second kappa shape index (κ2) is 17.4. The molecule has 4 atom stereocenters. The minimum absolute atomic E-state index is 0.135. The zero-order chi connectivity index (χ0) is 40.4. The Morgan fingerprint density at radius 1 is 0.589 bits per heavy atom. The van der Waals surface area contributed by atoms with Crippen LogP contribution >= 0.6 is 17.0 Å². The van der Waals surface area contributed by atoms with Gasteiger partial charge in [0.1, 0.15) is 0 Å². The van der Waals surface area contributed by atoms with E-state index in [2.05, 4.69) is 149 Å². The van der Waals surface area contributed by atoms with E-state index in [-0.39, 0.29) is 36.5 Å². The van der Waals surface area contributed by atoms with Gasteiger partial charge in [-0.25, -0.2) is 0 Å². The molecule has 2 amide bonds. The van der Waals surface area contributed by atoms with Crippen molar-refractivity contribution in [2.45, 2.75) is 101 Å². The number of carbonyl (C=O) groups excluding carboxylic acids is 2. The molecule has 4 aromatic carbocycles. The summed E-state index contributed by atoms with van der Waals surface area (Å²) < 4.78 is -1.77. The third-order valence-electron chi connectivity index (χ3n) is 12.8. The third-order valence-corrected chi connectivity index (χ3v) is 32.6. The number of aryl methyl sites for hydroxylation is 2. The molecule has 4 aromatic rings. The fraction of sp³-hybridized carbons (Fsp3) is 0.375. The van der Waals surface area contributed by atoms with Gasteiger partial charge in [-0.1, -0.05) is 0 Å². The molecule has 0 heterocycles. The van der Waals surface area contributed by atoms with E-state index in [1.165, 1.54) is 33.4 Å². The summed E-state index contributed by atoms with van der Waals surface area (Å²) in [5.74, 6) is -0.111. The van der Waals surface area contributed by atoms with E-state index in [1.54, 1.807) is 0 Å². The number of hydrogen-bond donors (Lipinski definition) is 2. The normalized spacial score (nSPS) is 17.8. The monoisotopic (exact) mass is 865 g/mol. The van der Waals surface area contributed by atoms with Crippen molar-refractivity contribution in [2.75, 3.05) is 0 Å². The van der Waals surface area contributed by atoms with Crippen molar-refractivity contribution >= 4 is 45.5 Å².